The van der Waals surface area contributed by atoms with Crippen LogP contribution < -0.4 is 5.73 Å². The van der Waals surface area contributed by atoms with Gasteiger partial charge in [-0.05, 0) is 18.9 Å². The molecule has 0 radical (unpaired) electrons. The Hall–Kier alpha value is -1.21. The minimum atomic E-state index is 0.531. The molecule has 0 atom stereocenters. The van der Waals surface area contributed by atoms with Crippen LogP contribution in [0.1, 0.15) is 31.2 Å². The molecule has 0 bridgehead atoms. The summed E-state index contributed by atoms with van der Waals surface area (Å²) in [6.45, 7) is 0. The van der Waals surface area contributed by atoms with Gasteiger partial charge in [-0.25, -0.2) is 4.98 Å². The molecule has 0 saturated heterocycles. The fourth-order valence-corrected chi connectivity index (χ4v) is 2.99. The topological polar surface area (TPSA) is 62.7 Å². The van der Waals surface area contributed by atoms with Crippen LogP contribution in [0.5, 0.6) is 0 Å². The Labute approximate surface area is 93.7 Å². The molecule has 0 aliphatic heterocycles. The number of nitrogens with two attached hydrogens (primary N) is 1. The summed E-state index contributed by atoms with van der Waals surface area (Å²) in [5.41, 5.74) is 7.00. The third kappa shape index (κ3) is 2.42. The molecule has 78 valence electrons. The number of rotatable bonds is 2. The van der Waals surface area contributed by atoms with Gasteiger partial charge >= 0.3 is 0 Å². The van der Waals surface area contributed by atoms with Crippen molar-refractivity contribution in [2.45, 2.75) is 36.0 Å². The lowest BCUT2D eigenvalue weighted by Crippen LogP contribution is -1.99. The highest BCUT2D eigenvalue weighted by Crippen LogP contribution is 2.36. The van der Waals surface area contributed by atoms with Crippen molar-refractivity contribution < 1.29 is 0 Å². The molecule has 4 heteroatoms. The summed E-state index contributed by atoms with van der Waals surface area (Å²) >= 11 is 1.75. The summed E-state index contributed by atoms with van der Waals surface area (Å²) in [7, 11) is 0. The van der Waals surface area contributed by atoms with Gasteiger partial charge in [-0.2, -0.15) is 5.26 Å². The third-order valence-corrected chi connectivity index (χ3v) is 3.96. The molecular weight excluding hydrogens is 206 g/mol. The van der Waals surface area contributed by atoms with E-state index in [-0.39, 0.29) is 0 Å². The van der Waals surface area contributed by atoms with E-state index in [9.17, 15) is 0 Å². The van der Waals surface area contributed by atoms with Crippen LogP contribution in [0.25, 0.3) is 0 Å². The molecule has 0 amide bonds. The van der Waals surface area contributed by atoms with Crippen molar-refractivity contribution in [1.29, 1.82) is 5.26 Å². The Kier molecular flexibility index (Phi) is 3.12. The number of nitrogen functional groups attached to an aromatic ring is 1. The van der Waals surface area contributed by atoms with E-state index in [1.54, 1.807) is 24.0 Å². The Morgan fingerprint density at radius 3 is 2.80 bits per heavy atom. The van der Waals surface area contributed by atoms with Gasteiger partial charge in [-0.3, -0.25) is 0 Å². The molecule has 1 aliphatic rings. The summed E-state index contributed by atoms with van der Waals surface area (Å²) in [5.74, 6) is 0. The molecule has 15 heavy (non-hydrogen) atoms. The van der Waals surface area contributed by atoms with Gasteiger partial charge in [0.15, 0.2) is 0 Å². The number of hydrogen-bond donors (Lipinski definition) is 1. The molecule has 2 N–H and O–H groups in total. The SMILES string of the molecule is N#Cc1cnc(SC2CCCC2)c(N)c1. The van der Waals surface area contributed by atoms with E-state index in [4.69, 9.17) is 11.0 Å². The van der Waals surface area contributed by atoms with Crippen molar-refractivity contribution in [3.05, 3.63) is 17.8 Å². The zero-order valence-electron chi connectivity index (χ0n) is 8.44. The van der Waals surface area contributed by atoms with Gasteiger partial charge in [0, 0.05) is 11.4 Å². The lowest BCUT2D eigenvalue weighted by Gasteiger charge is -2.09. The second-order valence-electron chi connectivity index (χ2n) is 3.75. The fourth-order valence-electron chi connectivity index (χ4n) is 1.79. The number of aromatic nitrogens is 1. The van der Waals surface area contributed by atoms with E-state index >= 15 is 0 Å². The van der Waals surface area contributed by atoms with Gasteiger partial charge in [-0.1, -0.05) is 12.8 Å². The molecule has 0 unspecified atom stereocenters. The molecule has 2 rings (SSSR count). The predicted molar refractivity (Wildman–Crippen MR) is 61.5 cm³/mol. The molecule has 0 spiro atoms. The van der Waals surface area contributed by atoms with E-state index in [1.165, 1.54) is 25.7 Å². The second-order valence-corrected chi connectivity index (χ2v) is 5.04. The maximum atomic E-state index is 8.68. The smallest absolute Gasteiger partial charge is 0.119 e. The third-order valence-electron chi connectivity index (χ3n) is 2.59. The van der Waals surface area contributed by atoms with E-state index in [0.717, 1.165) is 5.03 Å². The van der Waals surface area contributed by atoms with Crippen LogP contribution in [-0.4, -0.2) is 10.2 Å². The van der Waals surface area contributed by atoms with E-state index in [2.05, 4.69) is 4.98 Å². The summed E-state index contributed by atoms with van der Waals surface area (Å²) in [6, 6.07) is 3.74. The molecule has 1 saturated carbocycles. The van der Waals surface area contributed by atoms with E-state index < -0.39 is 0 Å². The monoisotopic (exact) mass is 219 g/mol. The highest BCUT2D eigenvalue weighted by atomic mass is 32.2. The molecule has 1 aromatic heterocycles. The first kappa shape index (κ1) is 10.3. The average Bonchev–Trinajstić information content (AvgIpc) is 2.74. The van der Waals surface area contributed by atoms with Crippen LogP contribution in [0, 0.1) is 11.3 Å². The van der Waals surface area contributed by atoms with Gasteiger partial charge in [0.05, 0.1) is 11.3 Å². The Balaban J connectivity index is 2.11. The van der Waals surface area contributed by atoms with Gasteiger partial charge in [0.2, 0.25) is 0 Å². The number of nitriles is 1. The first-order valence-electron chi connectivity index (χ1n) is 5.12. The second kappa shape index (κ2) is 4.54. The zero-order chi connectivity index (χ0) is 10.7. The van der Waals surface area contributed by atoms with Crippen LogP contribution in [0.3, 0.4) is 0 Å². The van der Waals surface area contributed by atoms with Crippen molar-refractivity contribution in [2.75, 3.05) is 5.73 Å². The first-order chi connectivity index (χ1) is 7.29. The summed E-state index contributed by atoms with van der Waals surface area (Å²) < 4.78 is 0. The van der Waals surface area contributed by atoms with Crippen LogP contribution in [0.4, 0.5) is 5.69 Å². The predicted octanol–water partition coefficient (Wildman–Crippen LogP) is 2.57. The highest BCUT2D eigenvalue weighted by molar-refractivity contribution is 8.00. The van der Waals surface area contributed by atoms with E-state index in [1.807, 2.05) is 6.07 Å². The molecule has 0 aromatic carbocycles. The maximum absolute atomic E-state index is 8.68. The Morgan fingerprint density at radius 2 is 2.20 bits per heavy atom. The van der Waals surface area contributed by atoms with Gasteiger partial charge < -0.3 is 5.73 Å². The van der Waals surface area contributed by atoms with Crippen LogP contribution >= 0.6 is 11.8 Å². The van der Waals surface area contributed by atoms with Crippen molar-refractivity contribution in [2.24, 2.45) is 0 Å². The van der Waals surface area contributed by atoms with Crippen molar-refractivity contribution in [3.63, 3.8) is 0 Å². The molecule has 1 aliphatic carbocycles. The summed E-state index contributed by atoms with van der Waals surface area (Å²) in [4.78, 5) is 4.23. The van der Waals surface area contributed by atoms with Gasteiger partial charge in [-0.15, -0.1) is 11.8 Å². The summed E-state index contributed by atoms with van der Waals surface area (Å²) in [5, 5.41) is 10.2. The largest absolute Gasteiger partial charge is 0.397 e. The number of thioether (sulfide) groups is 1. The van der Waals surface area contributed by atoms with Crippen molar-refractivity contribution >= 4 is 17.4 Å². The minimum Gasteiger partial charge on any atom is -0.397 e. The van der Waals surface area contributed by atoms with Crippen molar-refractivity contribution in [3.8, 4) is 6.07 Å². The molecule has 1 heterocycles. The Morgan fingerprint density at radius 1 is 1.47 bits per heavy atom. The maximum Gasteiger partial charge on any atom is 0.119 e. The normalized spacial score (nSPS) is 16.5. The molecule has 1 fully saturated rings. The average molecular weight is 219 g/mol. The fraction of sp³-hybridized carbons (Fsp3) is 0.455. The zero-order valence-corrected chi connectivity index (χ0v) is 9.26. The van der Waals surface area contributed by atoms with E-state index in [0.29, 0.717) is 16.5 Å². The summed E-state index contributed by atoms with van der Waals surface area (Å²) in [6.07, 6.45) is 6.73. The lowest BCUT2D eigenvalue weighted by atomic mass is 10.3. The number of nitrogens with zero attached hydrogens (tertiary/aromatic N) is 2. The van der Waals surface area contributed by atoms with Crippen LogP contribution in [0.15, 0.2) is 17.3 Å². The van der Waals surface area contributed by atoms with Crippen LogP contribution in [0.2, 0.25) is 0 Å². The van der Waals surface area contributed by atoms with Gasteiger partial charge in [0.25, 0.3) is 0 Å². The molecule has 1 aromatic rings. The highest BCUT2D eigenvalue weighted by Gasteiger charge is 2.17. The number of pyridine rings is 1. The van der Waals surface area contributed by atoms with Crippen molar-refractivity contribution in [1.82, 2.24) is 4.98 Å². The Bertz CT molecular complexity index is 391. The van der Waals surface area contributed by atoms with Crippen LogP contribution in [-0.2, 0) is 0 Å². The molecule has 3 nitrogen and oxygen atoms in total. The standard InChI is InChI=1S/C11H13N3S/c12-6-8-5-10(13)11(14-7-8)15-9-3-1-2-4-9/h5,7,9H,1-4,13H2. The number of anilines is 1. The molecular formula is C11H13N3S. The van der Waals surface area contributed by atoms with Gasteiger partial charge in [0.1, 0.15) is 11.1 Å². The first-order valence-corrected chi connectivity index (χ1v) is 6.00. The lowest BCUT2D eigenvalue weighted by molar-refractivity contribution is 0.886. The quantitative estimate of drug-likeness (QED) is 0.830. The minimum absolute atomic E-state index is 0.531. The number of hydrogen-bond acceptors (Lipinski definition) is 4.